The summed E-state index contributed by atoms with van der Waals surface area (Å²) < 4.78 is 5.46. The summed E-state index contributed by atoms with van der Waals surface area (Å²) in [5.41, 5.74) is 2.72. The van der Waals surface area contributed by atoms with Crippen LogP contribution < -0.4 is 4.90 Å². The van der Waals surface area contributed by atoms with E-state index >= 15 is 0 Å². The number of benzene rings is 2. The van der Waals surface area contributed by atoms with Crippen molar-refractivity contribution in [2.45, 2.75) is 16.2 Å². The maximum atomic E-state index is 5.46. The largest absolute Gasteiger partial charge is 0.379 e. The van der Waals surface area contributed by atoms with Crippen molar-refractivity contribution in [3.05, 3.63) is 48.5 Å². The fourth-order valence-corrected chi connectivity index (χ4v) is 5.91. The molecular weight excluding hydrogens is 511 g/mol. The highest BCUT2D eigenvalue weighted by atomic mass is 35.5. The molecule has 0 unspecified atom stereocenters. The lowest BCUT2D eigenvalue weighted by Crippen LogP contribution is -2.49. The van der Waals surface area contributed by atoms with Crippen LogP contribution in [0.2, 0.25) is 0 Å². The number of hydrogen-bond donors (Lipinski definition) is 0. The molecule has 0 aliphatic carbocycles. The van der Waals surface area contributed by atoms with Crippen LogP contribution in [-0.2, 0) is 4.74 Å². The van der Waals surface area contributed by atoms with Gasteiger partial charge in [-0.3, -0.25) is 9.80 Å². The molecule has 5 nitrogen and oxygen atoms in total. The zero-order chi connectivity index (χ0) is 20.9. The van der Waals surface area contributed by atoms with Gasteiger partial charge >= 0.3 is 0 Å². The van der Waals surface area contributed by atoms with Crippen LogP contribution in [0.5, 0.6) is 0 Å². The van der Waals surface area contributed by atoms with E-state index in [1.807, 2.05) is 11.8 Å². The second-order valence-corrected chi connectivity index (χ2v) is 9.76. The van der Waals surface area contributed by atoms with E-state index in [4.69, 9.17) is 4.74 Å². The van der Waals surface area contributed by atoms with Crippen molar-refractivity contribution in [3.63, 3.8) is 0 Å². The third-order valence-electron chi connectivity index (χ3n) is 6.69. The molecule has 0 radical (unpaired) electrons. The van der Waals surface area contributed by atoms with Crippen LogP contribution in [0.1, 0.15) is 6.42 Å². The molecular formula is C25H37Cl3N4OS. The Kier molecular flexibility index (Phi) is 12.8. The van der Waals surface area contributed by atoms with Gasteiger partial charge in [-0.15, -0.1) is 37.2 Å². The minimum Gasteiger partial charge on any atom is -0.379 e. The Hall–Kier alpha value is -0.700. The molecule has 2 saturated heterocycles. The second-order valence-electron chi connectivity index (χ2n) is 8.68. The molecule has 3 aliphatic rings. The van der Waals surface area contributed by atoms with Crippen LogP contribution in [0.15, 0.2) is 58.3 Å². The predicted octanol–water partition coefficient (Wildman–Crippen LogP) is 4.89. The van der Waals surface area contributed by atoms with Crippen LogP contribution in [-0.4, -0.2) is 93.4 Å². The van der Waals surface area contributed by atoms with Gasteiger partial charge in [0.2, 0.25) is 0 Å². The van der Waals surface area contributed by atoms with Crippen LogP contribution in [0.25, 0.3) is 0 Å². The van der Waals surface area contributed by atoms with Crippen LogP contribution in [0.3, 0.4) is 0 Å². The maximum Gasteiger partial charge on any atom is 0.0594 e. The number of anilines is 2. The van der Waals surface area contributed by atoms with E-state index in [0.29, 0.717) is 0 Å². The van der Waals surface area contributed by atoms with Gasteiger partial charge in [-0.2, -0.15) is 0 Å². The van der Waals surface area contributed by atoms with Crippen LogP contribution >= 0.6 is 49.0 Å². The Labute approximate surface area is 227 Å². The first-order chi connectivity index (χ1) is 15.4. The van der Waals surface area contributed by atoms with E-state index in [-0.39, 0.29) is 37.2 Å². The van der Waals surface area contributed by atoms with Gasteiger partial charge in [0.15, 0.2) is 0 Å². The molecule has 0 atom stereocenters. The lowest BCUT2D eigenvalue weighted by molar-refractivity contribution is 0.0299. The third kappa shape index (κ3) is 7.40. The highest BCUT2D eigenvalue weighted by Gasteiger charge is 2.23. The average Bonchev–Trinajstić information content (AvgIpc) is 2.84. The molecule has 3 aliphatic heterocycles. The van der Waals surface area contributed by atoms with Gasteiger partial charge in [0.25, 0.3) is 0 Å². The quantitative estimate of drug-likeness (QED) is 0.489. The smallest absolute Gasteiger partial charge is 0.0594 e. The number of halogens is 3. The fourth-order valence-electron chi connectivity index (χ4n) is 4.82. The molecule has 3 heterocycles. The SMILES string of the molecule is Cl.Cl.Cl.c1ccc2c(c1)Sc1ccccc1N2CCCN1CCN(CCN2CCOCC2)CC1. The molecule has 0 spiro atoms. The number of hydrogen-bond acceptors (Lipinski definition) is 6. The molecule has 0 aromatic heterocycles. The maximum absolute atomic E-state index is 5.46. The van der Waals surface area contributed by atoms with Gasteiger partial charge in [0, 0.05) is 68.7 Å². The van der Waals surface area contributed by atoms with Crippen LogP contribution in [0, 0.1) is 0 Å². The van der Waals surface area contributed by atoms with E-state index in [2.05, 4.69) is 68.1 Å². The monoisotopic (exact) mass is 546 g/mol. The lowest BCUT2D eigenvalue weighted by atomic mass is 10.2. The molecule has 34 heavy (non-hydrogen) atoms. The summed E-state index contributed by atoms with van der Waals surface area (Å²) in [5, 5.41) is 0. The predicted molar refractivity (Wildman–Crippen MR) is 151 cm³/mol. The molecule has 0 saturated carbocycles. The number of ether oxygens (including phenoxy) is 1. The van der Waals surface area contributed by atoms with Gasteiger partial charge < -0.3 is 14.5 Å². The van der Waals surface area contributed by atoms with Gasteiger partial charge in [-0.05, 0) is 37.2 Å². The van der Waals surface area contributed by atoms with E-state index < -0.39 is 0 Å². The van der Waals surface area contributed by atoms with Crippen molar-refractivity contribution in [3.8, 4) is 0 Å². The number of piperazine rings is 1. The molecule has 2 fully saturated rings. The highest BCUT2D eigenvalue weighted by Crippen LogP contribution is 2.47. The number of fused-ring (bicyclic) bond motifs is 2. The Morgan fingerprint density at radius 2 is 1.06 bits per heavy atom. The standard InChI is InChI=1S/C25H34N4OS.3ClH/c1-3-8-24-22(6-1)29(23-7-2-4-9-25(23)31-24)11-5-10-26-12-14-27(15-13-26)16-17-28-18-20-30-21-19-28;;;/h1-4,6-9H,5,10-21H2;3*1H. The first kappa shape index (κ1) is 29.5. The lowest BCUT2D eigenvalue weighted by Gasteiger charge is -2.37. The molecule has 0 N–H and O–H groups in total. The van der Waals surface area contributed by atoms with E-state index in [1.165, 1.54) is 73.4 Å². The molecule has 0 bridgehead atoms. The van der Waals surface area contributed by atoms with Gasteiger partial charge in [-0.25, -0.2) is 0 Å². The zero-order valence-corrected chi connectivity index (χ0v) is 22.9. The molecule has 9 heteroatoms. The Bertz CT molecular complexity index is 818. The normalized spacial score (nSPS) is 18.6. The number of nitrogens with zero attached hydrogens (tertiary/aromatic N) is 4. The minimum atomic E-state index is 0. The summed E-state index contributed by atoms with van der Waals surface area (Å²) in [5.74, 6) is 0. The van der Waals surface area contributed by atoms with Crippen molar-refractivity contribution in [1.82, 2.24) is 14.7 Å². The summed E-state index contributed by atoms with van der Waals surface area (Å²) in [4.78, 5) is 13.1. The van der Waals surface area contributed by atoms with Crippen molar-refractivity contribution < 1.29 is 4.74 Å². The van der Waals surface area contributed by atoms with E-state index in [9.17, 15) is 0 Å². The highest BCUT2D eigenvalue weighted by molar-refractivity contribution is 7.99. The number of morpholine rings is 1. The van der Waals surface area contributed by atoms with Gasteiger partial charge in [-0.1, -0.05) is 36.0 Å². The third-order valence-corrected chi connectivity index (χ3v) is 7.82. The topological polar surface area (TPSA) is 22.2 Å². The second kappa shape index (κ2) is 14.8. The zero-order valence-electron chi connectivity index (χ0n) is 19.6. The molecule has 2 aromatic rings. The fraction of sp³-hybridized carbons (Fsp3) is 0.520. The summed E-state index contributed by atoms with van der Waals surface area (Å²) in [6, 6.07) is 17.7. The van der Waals surface area contributed by atoms with Gasteiger partial charge in [0.1, 0.15) is 0 Å². The van der Waals surface area contributed by atoms with E-state index in [0.717, 1.165) is 32.8 Å². The van der Waals surface area contributed by atoms with Crippen molar-refractivity contribution in [2.24, 2.45) is 0 Å². The Morgan fingerprint density at radius 3 is 1.62 bits per heavy atom. The molecule has 0 amide bonds. The van der Waals surface area contributed by atoms with Crippen molar-refractivity contribution in [2.75, 3.05) is 83.6 Å². The summed E-state index contributed by atoms with van der Waals surface area (Å²) in [6.07, 6.45) is 1.20. The Morgan fingerprint density at radius 1 is 0.588 bits per heavy atom. The minimum absolute atomic E-state index is 0. The average molecular weight is 548 g/mol. The summed E-state index contributed by atoms with van der Waals surface area (Å²) in [6.45, 7) is 13.5. The molecule has 2 aromatic carbocycles. The van der Waals surface area contributed by atoms with Crippen molar-refractivity contribution in [1.29, 1.82) is 0 Å². The number of para-hydroxylation sites is 2. The van der Waals surface area contributed by atoms with Crippen molar-refractivity contribution >= 4 is 60.4 Å². The molecule has 5 rings (SSSR count). The van der Waals surface area contributed by atoms with Gasteiger partial charge in [0.05, 0.1) is 24.6 Å². The molecule has 190 valence electrons. The summed E-state index contributed by atoms with van der Waals surface area (Å²) >= 11 is 1.89. The summed E-state index contributed by atoms with van der Waals surface area (Å²) in [7, 11) is 0. The first-order valence-corrected chi connectivity index (χ1v) is 12.6. The Balaban J connectivity index is 0.00000136. The van der Waals surface area contributed by atoms with Crippen LogP contribution in [0.4, 0.5) is 11.4 Å². The number of rotatable bonds is 7. The first-order valence-electron chi connectivity index (χ1n) is 11.7. The van der Waals surface area contributed by atoms with E-state index in [1.54, 1.807) is 0 Å².